The lowest BCUT2D eigenvalue weighted by Gasteiger charge is -2.38. The van der Waals surface area contributed by atoms with Crippen LogP contribution in [0.5, 0.6) is 11.5 Å². The molecule has 0 aromatic heterocycles. The molecule has 0 radical (unpaired) electrons. The van der Waals surface area contributed by atoms with E-state index in [2.05, 4.69) is 33.7 Å². The molecule has 9 heteroatoms. The van der Waals surface area contributed by atoms with Crippen LogP contribution in [0, 0.1) is 0 Å². The zero-order valence-corrected chi connectivity index (χ0v) is 28.4. The highest BCUT2D eigenvalue weighted by Crippen LogP contribution is 2.39. The summed E-state index contributed by atoms with van der Waals surface area (Å²) in [6.07, 6.45) is 0.373. The Morgan fingerprint density at radius 2 is 1.51 bits per heavy atom. The van der Waals surface area contributed by atoms with Gasteiger partial charge in [-0.3, -0.25) is 4.90 Å². The number of hydrogen-bond donors (Lipinski definition) is 4. The molecule has 0 bridgehead atoms. The van der Waals surface area contributed by atoms with Crippen molar-refractivity contribution in [3.63, 3.8) is 0 Å². The number of aliphatic hydroxyl groups excluding tert-OH is 2. The first kappa shape index (κ1) is 34.4. The molecule has 9 nitrogen and oxygen atoms in total. The molecule has 2 heterocycles. The van der Waals surface area contributed by atoms with E-state index in [9.17, 15) is 15.0 Å². The van der Waals surface area contributed by atoms with Crippen LogP contribution in [0.4, 0.5) is 10.5 Å². The fourth-order valence-corrected chi connectivity index (χ4v) is 6.66. The molecule has 0 saturated carbocycles. The quantitative estimate of drug-likeness (QED) is 0.114. The number of carbonyl (C=O) groups is 1. The van der Waals surface area contributed by atoms with Crippen LogP contribution in [0.15, 0.2) is 127 Å². The number of para-hydroxylation sites is 1. The van der Waals surface area contributed by atoms with Crippen LogP contribution in [0.25, 0.3) is 11.1 Å². The van der Waals surface area contributed by atoms with E-state index in [-0.39, 0.29) is 30.9 Å². The third-order valence-electron chi connectivity index (χ3n) is 9.37. The van der Waals surface area contributed by atoms with E-state index in [1.807, 2.05) is 97.1 Å². The molecule has 4 N–H and O–H groups in total. The molecule has 7 rings (SSSR count). The lowest BCUT2D eigenvalue weighted by molar-refractivity contribution is -0.252. The molecule has 0 unspecified atom stereocenters. The maximum Gasteiger partial charge on any atom is 0.319 e. The summed E-state index contributed by atoms with van der Waals surface area (Å²) in [7, 11) is 0. The summed E-state index contributed by atoms with van der Waals surface area (Å²) < 4.78 is 18.9. The van der Waals surface area contributed by atoms with E-state index in [0.717, 1.165) is 58.6 Å². The van der Waals surface area contributed by atoms with Crippen molar-refractivity contribution in [2.75, 3.05) is 25.0 Å². The maximum atomic E-state index is 12.8. The van der Waals surface area contributed by atoms with Crippen molar-refractivity contribution in [3.8, 4) is 22.6 Å². The fraction of sp³-hybridized carbons (Fsp3) is 0.262. The van der Waals surface area contributed by atoms with E-state index in [1.54, 1.807) is 12.1 Å². The molecule has 2 aliphatic heterocycles. The fourth-order valence-electron chi connectivity index (χ4n) is 6.66. The number of urea groups is 1. The molecular formula is C42H43N3O6. The molecule has 2 fully saturated rings. The number of benzene rings is 5. The largest absolute Gasteiger partial charge is 0.457 e. The van der Waals surface area contributed by atoms with Crippen molar-refractivity contribution in [2.24, 2.45) is 0 Å². The minimum Gasteiger partial charge on any atom is -0.457 e. The lowest BCUT2D eigenvalue weighted by Crippen LogP contribution is -2.38. The highest BCUT2D eigenvalue weighted by atomic mass is 16.7. The number of anilines is 1. The number of likely N-dealkylation sites (tertiary alicyclic amines) is 1. The SMILES string of the molecule is O=C(NCc1ccccc1-c1ccc([C@@H]2O[C@H](CN3CC[C@H](O)C3)C[C@H](c3ccc(CO)cc3)O2)cc1)Nc1ccc(Oc2ccccc2)cc1. The van der Waals surface area contributed by atoms with Gasteiger partial charge in [0.25, 0.3) is 0 Å². The van der Waals surface area contributed by atoms with Crippen molar-refractivity contribution >= 4 is 11.7 Å². The number of hydrogen-bond acceptors (Lipinski definition) is 7. The van der Waals surface area contributed by atoms with Crippen LogP contribution in [0.2, 0.25) is 0 Å². The molecule has 51 heavy (non-hydrogen) atoms. The molecule has 0 spiro atoms. The molecule has 5 aromatic rings. The number of rotatable bonds is 11. The van der Waals surface area contributed by atoms with E-state index in [4.69, 9.17) is 14.2 Å². The summed E-state index contributed by atoms with van der Waals surface area (Å²) in [6.45, 7) is 2.57. The third-order valence-corrected chi connectivity index (χ3v) is 9.37. The summed E-state index contributed by atoms with van der Waals surface area (Å²) in [4.78, 5) is 15.1. The molecule has 4 atom stereocenters. The second-order valence-corrected chi connectivity index (χ2v) is 13.1. The second-order valence-electron chi connectivity index (χ2n) is 13.1. The number of β-amino-alcohol motifs (C(OH)–C–C–N with tert-alkyl or cyclic N) is 1. The molecule has 5 aromatic carbocycles. The van der Waals surface area contributed by atoms with Gasteiger partial charge in [0.1, 0.15) is 11.5 Å². The highest BCUT2D eigenvalue weighted by molar-refractivity contribution is 5.89. The maximum absolute atomic E-state index is 12.8. The number of nitrogens with one attached hydrogen (secondary N) is 2. The van der Waals surface area contributed by atoms with Gasteiger partial charge in [-0.15, -0.1) is 0 Å². The van der Waals surface area contributed by atoms with E-state index in [0.29, 0.717) is 30.9 Å². The Balaban J connectivity index is 0.995. The van der Waals surface area contributed by atoms with Gasteiger partial charge in [0.15, 0.2) is 6.29 Å². The first-order valence-corrected chi connectivity index (χ1v) is 17.5. The van der Waals surface area contributed by atoms with Crippen LogP contribution >= 0.6 is 0 Å². The number of nitrogens with zero attached hydrogens (tertiary/aromatic N) is 1. The topological polar surface area (TPSA) is 113 Å². The van der Waals surface area contributed by atoms with Gasteiger partial charge in [-0.05, 0) is 70.6 Å². The molecular weight excluding hydrogens is 642 g/mol. The Hall–Kier alpha value is -5.03. The normalized spacial score (nSPS) is 20.5. The highest BCUT2D eigenvalue weighted by Gasteiger charge is 2.34. The van der Waals surface area contributed by atoms with Gasteiger partial charge < -0.3 is 35.1 Å². The standard InChI is InChI=1S/C42H43N3O6/c46-28-29-10-12-31(13-11-29)40-24-38(27-45-23-22-35(47)26-45)50-41(51-40)32-16-14-30(15-17-32)39-9-5-4-6-33(39)25-43-42(48)44-34-18-20-37(21-19-34)49-36-7-2-1-3-8-36/h1-21,35,38,40-41,46-47H,22-28H2,(H2,43,44,48)/t35-,38-,40+,41+/m0/s1. The number of carbonyl (C=O) groups excluding carboxylic acids is 1. The predicted molar refractivity (Wildman–Crippen MR) is 196 cm³/mol. The number of aliphatic hydroxyl groups is 2. The molecule has 0 aliphatic carbocycles. The van der Waals surface area contributed by atoms with Gasteiger partial charge in [0.2, 0.25) is 0 Å². The summed E-state index contributed by atoms with van der Waals surface area (Å²) in [5, 5.41) is 25.5. The summed E-state index contributed by atoms with van der Waals surface area (Å²) in [6, 6.07) is 40.6. The van der Waals surface area contributed by atoms with Gasteiger partial charge in [-0.2, -0.15) is 0 Å². The minimum absolute atomic E-state index is 0.00330. The first-order chi connectivity index (χ1) is 25.0. The van der Waals surface area contributed by atoms with Crippen LogP contribution in [-0.4, -0.2) is 53.0 Å². The first-order valence-electron chi connectivity index (χ1n) is 17.5. The van der Waals surface area contributed by atoms with Gasteiger partial charge in [-0.1, -0.05) is 91.0 Å². The summed E-state index contributed by atoms with van der Waals surface area (Å²) in [5.41, 5.74) is 6.49. The van der Waals surface area contributed by atoms with Crippen molar-refractivity contribution in [2.45, 2.75) is 50.6 Å². The Kier molecular flexibility index (Phi) is 11.0. The summed E-state index contributed by atoms with van der Waals surface area (Å²) >= 11 is 0. The predicted octanol–water partition coefficient (Wildman–Crippen LogP) is 7.57. The Bertz CT molecular complexity index is 1870. The Morgan fingerprint density at radius 1 is 0.804 bits per heavy atom. The van der Waals surface area contributed by atoms with E-state index in [1.165, 1.54) is 0 Å². The van der Waals surface area contributed by atoms with E-state index >= 15 is 0 Å². The number of amides is 2. The Labute approximate surface area is 298 Å². The van der Waals surface area contributed by atoms with Crippen LogP contribution in [0.3, 0.4) is 0 Å². The number of ether oxygens (including phenoxy) is 3. The average Bonchev–Trinajstić information content (AvgIpc) is 3.59. The van der Waals surface area contributed by atoms with Crippen molar-refractivity contribution in [3.05, 3.63) is 150 Å². The van der Waals surface area contributed by atoms with Crippen LogP contribution < -0.4 is 15.4 Å². The van der Waals surface area contributed by atoms with Gasteiger partial charge >= 0.3 is 6.03 Å². The average molecular weight is 686 g/mol. The molecule has 2 saturated heterocycles. The van der Waals surface area contributed by atoms with Gasteiger partial charge in [0.05, 0.1) is 24.9 Å². The molecule has 2 amide bonds. The Morgan fingerprint density at radius 3 is 2.24 bits per heavy atom. The lowest BCUT2D eigenvalue weighted by atomic mass is 9.97. The van der Waals surface area contributed by atoms with Crippen LogP contribution in [-0.2, 0) is 22.6 Å². The van der Waals surface area contributed by atoms with Gasteiger partial charge in [0, 0.05) is 43.9 Å². The molecule has 2 aliphatic rings. The van der Waals surface area contributed by atoms with Crippen molar-refractivity contribution in [1.29, 1.82) is 0 Å². The zero-order chi connectivity index (χ0) is 35.0. The monoisotopic (exact) mass is 685 g/mol. The minimum atomic E-state index is -0.563. The van der Waals surface area contributed by atoms with Gasteiger partial charge in [-0.25, -0.2) is 4.79 Å². The second kappa shape index (κ2) is 16.3. The summed E-state index contributed by atoms with van der Waals surface area (Å²) in [5.74, 6) is 1.43. The third kappa shape index (κ3) is 9.02. The molecule has 262 valence electrons. The zero-order valence-electron chi connectivity index (χ0n) is 28.4. The smallest absolute Gasteiger partial charge is 0.319 e. The van der Waals surface area contributed by atoms with Crippen LogP contribution in [0.1, 0.15) is 47.5 Å². The van der Waals surface area contributed by atoms with E-state index < -0.39 is 6.29 Å². The van der Waals surface area contributed by atoms with Crippen molar-refractivity contribution in [1.82, 2.24) is 10.2 Å². The van der Waals surface area contributed by atoms with Crippen molar-refractivity contribution < 1.29 is 29.2 Å².